The van der Waals surface area contributed by atoms with Crippen LogP contribution in [0.1, 0.15) is 16.9 Å². The van der Waals surface area contributed by atoms with E-state index in [0.717, 1.165) is 27.4 Å². The van der Waals surface area contributed by atoms with Crippen molar-refractivity contribution in [2.75, 3.05) is 17.2 Å². The fraction of sp³-hybridized carbons (Fsp3) is 0.227. The second-order valence-corrected chi connectivity index (χ2v) is 8.40. The van der Waals surface area contributed by atoms with Gasteiger partial charge in [-0.1, -0.05) is 18.2 Å². The lowest BCUT2D eigenvalue weighted by molar-refractivity contribution is -0.125. The van der Waals surface area contributed by atoms with Gasteiger partial charge in [-0.2, -0.15) is 0 Å². The largest absolute Gasteiger partial charge is 0.485 e. The molecule has 7 nitrogen and oxygen atoms in total. The Kier molecular flexibility index (Phi) is 4.63. The van der Waals surface area contributed by atoms with Crippen LogP contribution < -0.4 is 20.1 Å². The number of amides is 2. The van der Waals surface area contributed by atoms with Crippen LogP contribution in [-0.4, -0.2) is 29.5 Å². The molecule has 1 atom stereocenters. The summed E-state index contributed by atoms with van der Waals surface area (Å²) in [5.74, 6) is 0.943. The number of nitrogens with one attached hydrogen (secondary N) is 2. The highest BCUT2D eigenvalue weighted by Crippen LogP contribution is 2.35. The summed E-state index contributed by atoms with van der Waals surface area (Å²) in [6.45, 7) is 2.12. The molecule has 0 aliphatic carbocycles. The minimum absolute atomic E-state index is 0.0432. The van der Waals surface area contributed by atoms with Gasteiger partial charge >= 0.3 is 0 Å². The molecule has 2 aliphatic rings. The number of ether oxygens (including phenoxy) is 2. The van der Waals surface area contributed by atoms with Gasteiger partial charge in [-0.05, 0) is 43.2 Å². The predicted octanol–water partition coefficient (Wildman–Crippen LogP) is 3.78. The summed E-state index contributed by atoms with van der Waals surface area (Å²) in [4.78, 5) is 29.8. The van der Waals surface area contributed by atoms with Gasteiger partial charge in [0.25, 0.3) is 5.91 Å². The predicted molar refractivity (Wildman–Crippen MR) is 114 cm³/mol. The minimum Gasteiger partial charge on any atom is -0.485 e. The van der Waals surface area contributed by atoms with E-state index >= 15 is 0 Å². The van der Waals surface area contributed by atoms with Gasteiger partial charge in [0.1, 0.15) is 6.61 Å². The van der Waals surface area contributed by atoms with Gasteiger partial charge in [0.2, 0.25) is 12.0 Å². The lowest BCUT2D eigenvalue weighted by atomic mass is 9.99. The summed E-state index contributed by atoms with van der Waals surface area (Å²) >= 11 is 1.42. The molecular weight excluding hydrogens is 402 g/mol. The molecule has 2 N–H and O–H groups in total. The lowest BCUT2D eigenvalue weighted by Crippen LogP contribution is -2.40. The maximum Gasteiger partial charge on any atom is 0.270 e. The number of para-hydroxylation sites is 2. The smallest absolute Gasteiger partial charge is 0.270 e. The Morgan fingerprint density at radius 2 is 2.03 bits per heavy atom. The average Bonchev–Trinajstić information content (AvgIpc) is 3.12. The van der Waals surface area contributed by atoms with Gasteiger partial charge in [-0.3, -0.25) is 14.9 Å². The fourth-order valence-electron chi connectivity index (χ4n) is 3.58. The second kappa shape index (κ2) is 7.46. The van der Waals surface area contributed by atoms with Crippen LogP contribution in [0.4, 0.5) is 10.8 Å². The Balaban J connectivity index is 1.32. The van der Waals surface area contributed by atoms with Crippen molar-refractivity contribution >= 4 is 34.0 Å². The van der Waals surface area contributed by atoms with Crippen LogP contribution in [0.5, 0.6) is 11.5 Å². The first-order chi connectivity index (χ1) is 14.6. The zero-order valence-electron chi connectivity index (χ0n) is 16.2. The molecule has 30 heavy (non-hydrogen) atoms. The number of nitrogens with zero attached hydrogens (tertiary/aromatic N) is 1. The van der Waals surface area contributed by atoms with Crippen molar-refractivity contribution in [1.29, 1.82) is 0 Å². The van der Waals surface area contributed by atoms with Gasteiger partial charge in [0.05, 0.1) is 5.69 Å². The van der Waals surface area contributed by atoms with Gasteiger partial charge in [0.15, 0.2) is 16.6 Å². The number of carbonyl (C=O) groups is 2. The van der Waals surface area contributed by atoms with Crippen LogP contribution in [0.3, 0.4) is 0 Å². The Bertz CT molecular complexity index is 1160. The summed E-state index contributed by atoms with van der Waals surface area (Å²) in [7, 11) is 0. The van der Waals surface area contributed by atoms with E-state index in [1.165, 1.54) is 11.3 Å². The Morgan fingerprint density at radius 1 is 1.20 bits per heavy atom. The number of thiazole rings is 1. The number of rotatable bonds is 3. The summed E-state index contributed by atoms with van der Waals surface area (Å²) < 4.78 is 11.4. The molecule has 1 aromatic heterocycles. The fourth-order valence-corrected chi connectivity index (χ4v) is 4.42. The van der Waals surface area contributed by atoms with E-state index in [1.807, 2.05) is 37.3 Å². The van der Waals surface area contributed by atoms with Crippen molar-refractivity contribution in [2.24, 2.45) is 0 Å². The van der Waals surface area contributed by atoms with E-state index in [9.17, 15) is 9.59 Å². The molecular formula is C22H19N3O4S. The third-order valence-electron chi connectivity index (χ3n) is 5.10. The highest BCUT2D eigenvalue weighted by molar-refractivity contribution is 7.16. The number of fused-ring (bicyclic) bond motifs is 2. The number of anilines is 2. The SMILES string of the molecule is Cc1sc(NC(=O)C2COc3ccccc3O2)nc1-c1ccc2c(c1)CCC(=O)N2. The molecule has 0 spiro atoms. The summed E-state index contributed by atoms with van der Waals surface area (Å²) in [6, 6.07) is 13.2. The van der Waals surface area contributed by atoms with Gasteiger partial charge in [0, 0.05) is 22.5 Å². The van der Waals surface area contributed by atoms with Gasteiger partial charge < -0.3 is 14.8 Å². The number of carbonyl (C=O) groups excluding carboxylic acids is 2. The van der Waals surface area contributed by atoms with E-state index in [4.69, 9.17) is 9.47 Å². The van der Waals surface area contributed by atoms with E-state index in [1.54, 1.807) is 6.07 Å². The molecule has 2 amide bonds. The maximum absolute atomic E-state index is 12.7. The molecule has 3 heterocycles. The average molecular weight is 421 g/mol. The van der Waals surface area contributed by atoms with Gasteiger partial charge in [-0.25, -0.2) is 4.98 Å². The third-order valence-corrected chi connectivity index (χ3v) is 5.99. The topological polar surface area (TPSA) is 89.6 Å². The van der Waals surface area contributed by atoms with Crippen LogP contribution in [0.25, 0.3) is 11.3 Å². The zero-order valence-corrected chi connectivity index (χ0v) is 17.0. The number of benzene rings is 2. The lowest BCUT2D eigenvalue weighted by Gasteiger charge is -2.25. The van der Waals surface area contributed by atoms with Crippen LogP contribution >= 0.6 is 11.3 Å². The van der Waals surface area contributed by atoms with E-state index in [2.05, 4.69) is 21.7 Å². The van der Waals surface area contributed by atoms with Crippen LogP contribution in [-0.2, 0) is 16.0 Å². The molecule has 1 unspecified atom stereocenters. The van der Waals surface area contributed by atoms with Crippen molar-refractivity contribution < 1.29 is 19.1 Å². The quantitative estimate of drug-likeness (QED) is 0.672. The Morgan fingerprint density at radius 3 is 2.90 bits per heavy atom. The molecule has 2 aliphatic heterocycles. The summed E-state index contributed by atoms with van der Waals surface area (Å²) in [5.41, 5.74) is 3.73. The van der Waals surface area contributed by atoms with Crippen molar-refractivity contribution in [3.8, 4) is 22.8 Å². The summed E-state index contributed by atoms with van der Waals surface area (Å²) in [6.07, 6.45) is 0.461. The van der Waals surface area contributed by atoms with Gasteiger partial charge in [-0.15, -0.1) is 11.3 Å². The van der Waals surface area contributed by atoms with Crippen molar-refractivity contribution in [3.05, 3.63) is 52.9 Å². The first-order valence-corrected chi connectivity index (χ1v) is 10.5. The van der Waals surface area contributed by atoms with Crippen LogP contribution in [0, 0.1) is 6.92 Å². The monoisotopic (exact) mass is 421 g/mol. The molecule has 0 saturated carbocycles. The van der Waals surface area contributed by atoms with E-state index in [-0.39, 0.29) is 18.4 Å². The molecule has 0 saturated heterocycles. The zero-order chi connectivity index (χ0) is 20.7. The summed E-state index contributed by atoms with van der Waals surface area (Å²) in [5, 5.41) is 6.25. The number of hydrogen-bond donors (Lipinski definition) is 2. The molecule has 152 valence electrons. The molecule has 3 aromatic rings. The standard InChI is InChI=1S/C22H19N3O4S/c1-12-20(14-6-8-15-13(10-14)7-9-19(26)23-15)24-22(30-12)25-21(27)18-11-28-16-4-2-3-5-17(16)29-18/h2-6,8,10,18H,7,9,11H2,1H3,(H,23,26)(H,24,25,27). The molecule has 0 bridgehead atoms. The first-order valence-electron chi connectivity index (χ1n) is 9.67. The van der Waals surface area contributed by atoms with Crippen LogP contribution in [0.2, 0.25) is 0 Å². The second-order valence-electron chi connectivity index (χ2n) is 7.20. The number of aryl methyl sites for hydroxylation is 2. The van der Waals surface area contributed by atoms with Crippen LogP contribution in [0.15, 0.2) is 42.5 Å². The molecule has 0 radical (unpaired) electrons. The van der Waals surface area contributed by atoms with Crippen molar-refractivity contribution in [1.82, 2.24) is 4.98 Å². The third kappa shape index (κ3) is 3.50. The Hall–Kier alpha value is -3.39. The van der Waals surface area contributed by atoms with E-state index < -0.39 is 6.10 Å². The van der Waals surface area contributed by atoms with E-state index in [0.29, 0.717) is 29.5 Å². The molecule has 5 rings (SSSR count). The highest BCUT2D eigenvalue weighted by Gasteiger charge is 2.28. The molecule has 2 aromatic carbocycles. The highest BCUT2D eigenvalue weighted by atomic mass is 32.1. The molecule has 8 heteroatoms. The Labute approximate surface area is 177 Å². The number of aromatic nitrogens is 1. The molecule has 0 fully saturated rings. The van der Waals surface area contributed by atoms with Crippen molar-refractivity contribution in [2.45, 2.75) is 25.9 Å². The first kappa shape index (κ1) is 18.6. The maximum atomic E-state index is 12.7. The van der Waals surface area contributed by atoms with Crippen molar-refractivity contribution in [3.63, 3.8) is 0 Å². The number of hydrogen-bond acceptors (Lipinski definition) is 6. The minimum atomic E-state index is -0.736. The normalized spacial score (nSPS) is 17.1.